The Morgan fingerprint density at radius 2 is 2.09 bits per heavy atom. The average Bonchev–Trinajstić information content (AvgIpc) is 2.60. The Kier molecular flexibility index (Phi) is 4.23. The normalized spacial score (nSPS) is 14.4. The van der Waals surface area contributed by atoms with Crippen LogP contribution in [0.15, 0.2) is 41.4 Å². The van der Waals surface area contributed by atoms with Gasteiger partial charge in [-0.25, -0.2) is 18.1 Å². The van der Waals surface area contributed by atoms with Crippen LogP contribution in [0.1, 0.15) is 11.1 Å². The van der Waals surface area contributed by atoms with Gasteiger partial charge >= 0.3 is 0 Å². The molecule has 0 bridgehead atoms. The summed E-state index contributed by atoms with van der Waals surface area (Å²) in [7, 11) is -0.379. The minimum Gasteiger partial charge on any atom is -0.496 e. The number of methoxy groups -OCH3 is 1. The lowest BCUT2D eigenvalue weighted by atomic mass is 9.98. The Hall–Kier alpha value is -2.12. The molecular formula is C16H19N3O3S. The second-order valence-corrected chi connectivity index (χ2v) is 7.22. The van der Waals surface area contributed by atoms with Crippen molar-refractivity contribution in [1.29, 1.82) is 0 Å². The summed E-state index contributed by atoms with van der Waals surface area (Å²) in [4.78, 5) is 6.61. The molecule has 0 radical (unpaired) electrons. The number of ether oxygens (including phenoxy) is 1. The van der Waals surface area contributed by atoms with Gasteiger partial charge in [0, 0.05) is 24.8 Å². The molecule has 0 spiro atoms. The van der Waals surface area contributed by atoms with Gasteiger partial charge in [0.1, 0.15) is 16.5 Å². The van der Waals surface area contributed by atoms with Crippen molar-refractivity contribution in [2.45, 2.75) is 17.9 Å². The highest BCUT2D eigenvalue weighted by Gasteiger charge is 2.21. The lowest BCUT2D eigenvalue weighted by molar-refractivity contribution is 0.407. The number of anilines is 1. The van der Waals surface area contributed by atoms with Crippen LogP contribution in [0.4, 0.5) is 5.82 Å². The van der Waals surface area contributed by atoms with E-state index < -0.39 is 10.0 Å². The zero-order chi connectivity index (χ0) is 16.4. The van der Waals surface area contributed by atoms with Gasteiger partial charge in [-0.1, -0.05) is 12.1 Å². The monoisotopic (exact) mass is 333 g/mol. The molecule has 0 aliphatic carbocycles. The van der Waals surface area contributed by atoms with Crippen LogP contribution in [-0.2, 0) is 23.0 Å². The van der Waals surface area contributed by atoms with E-state index in [0.717, 1.165) is 31.1 Å². The molecule has 0 fully saturated rings. The average molecular weight is 333 g/mol. The van der Waals surface area contributed by atoms with Gasteiger partial charge < -0.3 is 9.64 Å². The Morgan fingerprint density at radius 1 is 1.26 bits per heavy atom. The first-order valence-electron chi connectivity index (χ1n) is 7.34. The van der Waals surface area contributed by atoms with Crippen molar-refractivity contribution >= 4 is 15.8 Å². The summed E-state index contributed by atoms with van der Waals surface area (Å²) in [6, 6.07) is 9.37. The number of nitrogens with zero attached hydrogens (tertiary/aromatic N) is 2. The highest BCUT2D eigenvalue weighted by molar-refractivity contribution is 7.89. The van der Waals surface area contributed by atoms with Gasteiger partial charge in [-0.15, -0.1) is 0 Å². The molecule has 2 aromatic rings. The zero-order valence-corrected chi connectivity index (χ0v) is 13.9. The third-order valence-corrected chi connectivity index (χ3v) is 5.47. The molecule has 6 nitrogen and oxygen atoms in total. The van der Waals surface area contributed by atoms with Crippen molar-refractivity contribution in [2.75, 3.05) is 25.6 Å². The van der Waals surface area contributed by atoms with Gasteiger partial charge in [0.2, 0.25) is 10.0 Å². The van der Waals surface area contributed by atoms with Crippen molar-refractivity contribution in [1.82, 2.24) is 9.71 Å². The van der Waals surface area contributed by atoms with Crippen molar-refractivity contribution in [3.8, 4) is 5.75 Å². The second-order valence-electron chi connectivity index (χ2n) is 5.33. The molecule has 0 saturated carbocycles. The number of sulfonamides is 1. The van der Waals surface area contributed by atoms with Crippen LogP contribution in [-0.4, -0.2) is 34.1 Å². The summed E-state index contributed by atoms with van der Waals surface area (Å²) in [5.41, 5.74) is 2.45. The Morgan fingerprint density at radius 3 is 2.74 bits per heavy atom. The molecule has 1 aliphatic rings. The lowest BCUT2D eigenvalue weighted by Crippen LogP contribution is -2.31. The largest absolute Gasteiger partial charge is 0.496 e. The predicted octanol–water partition coefficient (Wildman–Crippen LogP) is 1.56. The molecule has 0 unspecified atom stereocenters. The highest BCUT2D eigenvalue weighted by atomic mass is 32.2. The van der Waals surface area contributed by atoms with Crippen molar-refractivity contribution < 1.29 is 13.2 Å². The van der Waals surface area contributed by atoms with Gasteiger partial charge in [0.15, 0.2) is 0 Å². The first-order chi connectivity index (χ1) is 11.0. The molecule has 1 aliphatic heterocycles. The number of hydrogen-bond acceptors (Lipinski definition) is 5. The lowest BCUT2D eigenvalue weighted by Gasteiger charge is -2.30. The van der Waals surface area contributed by atoms with Crippen LogP contribution < -0.4 is 14.4 Å². The van der Waals surface area contributed by atoms with Crippen LogP contribution in [0.2, 0.25) is 0 Å². The highest BCUT2D eigenvalue weighted by Crippen LogP contribution is 2.29. The number of aromatic nitrogens is 1. The Bertz CT molecular complexity index is 804. The quantitative estimate of drug-likeness (QED) is 0.919. The molecule has 122 valence electrons. The molecule has 2 heterocycles. The third kappa shape index (κ3) is 3.02. The molecule has 23 heavy (non-hydrogen) atoms. The van der Waals surface area contributed by atoms with Crippen LogP contribution in [0.25, 0.3) is 0 Å². The first-order valence-corrected chi connectivity index (χ1v) is 8.83. The molecule has 0 saturated heterocycles. The summed E-state index contributed by atoms with van der Waals surface area (Å²) in [6.07, 6.45) is 2.26. The fourth-order valence-corrected chi connectivity index (χ4v) is 3.47. The van der Waals surface area contributed by atoms with E-state index in [0.29, 0.717) is 0 Å². The van der Waals surface area contributed by atoms with E-state index in [4.69, 9.17) is 4.74 Å². The third-order valence-electron chi connectivity index (χ3n) is 4.07. The molecule has 0 atom stereocenters. The van der Waals surface area contributed by atoms with Gasteiger partial charge in [-0.2, -0.15) is 0 Å². The van der Waals surface area contributed by atoms with Crippen LogP contribution in [0.3, 0.4) is 0 Å². The van der Waals surface area contributed by atoms with Gasteiger partial charge in [-0.3, -0.25) is 0 Å². The van der Waals surface area contributed by atoms with E-state index >= 15 is 0 Å². The van der Waals surface area contributed by atoms with E-state index in [1.54, 1.807) is 19.2 Å². The van der Waals surface area contributed by atoms with Crippen LogP contribution in [0, 0.1) is 0 Å². The van der Waals surface area contributed by atoms with Crippen molar-refractivity contribution in [3.63, 3.8) is 0 Å². The summed E-state index contributed by atoms with van der Waals surface area (Å²) in [6.45, 7) is 1.55. The van der Waals surface area contributed by atoms with Crippen molar-refractivity contribution in [2.24, 2.45) is 0 Å². The fraction of sp³-hybridized carbons (Fsp3) is 0.312. The zero-order valence-electron chi connectivity index (χ0n) is 13.1. The summed E-state index contributed by atoms with van der Waals surface area (Å²) < 4.78 is 31.2. The first kappa shape index (κ1) is 15.8. The minimum absolute atomic E-state index is 0.169. The second kappa shape index (κ2) is 6.17. The summed E-state index contributed by atoms with van der Waals surface area (Å²) >= 11 is 0. The molecule has 7 heteroatoms. The van der Waals surface area contributed by atoms with Gasteiger partial charge in [0.05, 0.1) is 7.11 Å². The Balaban J connectivity index is 1.84. The minimum atomic E-state index is -3.45. The summed E-state index contributed by atoms with van der Waals surface area (Å²) in [5, 5.41) is 0. The molecule has 1 aromatic carbocycles. The smallest absolute Gasteiger partial charge is 0.241 e. The topological polar surface area (TPSA) is 71.5 Å². The van der Waals surface area contributed by atoms with E-state index in [9.17, 15) is 8.42 Å². The Labute approximate surface area is 136 Å². The number of hydrogen-bond donors (Lipinski definition) is 1. The molecule has 1 aromatic heterocycles. The van der Waals surface area contributed by atoms with E-state index in [2.05, 4.69) is 20.7 Å². The molecule has 3 rings (SSSR count). The van der Waals surface area contributed by atoms with E-state index in [1.807, 2.05) is 12.1 Å². The maximum Gasteiger partial charge on any atom is 0.241 e. The molecular weight excluding hydrogens is 314 g/mol. The maximum absolute atomic E-state index is 11.7. The fourth-order valence-electron chi connectivity index (χ4n) is 2.80. The number of benzene rings is 1. The van der Waals surface area contributed by atoms with Crippen LogP contribution >= 0.6 is 0 Å². The summed E-state index contributed by atoms with van der Waals surface area (Å²) in [5.74, 6) is 1.69. The number of pyridine rings is 1. The number of rotatable bonds is 4. The van der Waals surface area contributed by atoms with Gasteiger partial charge in [0.25, 0.3) is 0 Å². The SMILES string of the molecule is CNS(=O)(=O)c1ccc(N2CCc3c(cccc3OC)C2)nc1. The van der Waals surface area contributed by atoms with E-state index in [1.165, 1.54) is 24.4 Å². The standard InChI is InChI=1S/C16H19N3O3S/c1-17-23(20,21)13-6-7-16(18-10-13)19-9-8-14-12(11-19)4-3-5-15(14)22-2/h3-7,10,17H,8-9,11H2,1-2H3. The van der Waals surface area contributed by atoms with Crippen LogP contribution in [0.5, 0.6) is 5.75 Å². The van der Waals surface area contributed by atoms with E-state index in [-0.39, 0.29) is 4.90 Å². The number of fused-ring (bicyclic) bond motifs is 1. The molecule has 1 N–H and O–H groups in total. The number of nitrogens with one attached hydrogen (secondary N) is 1. The predicted molar refractivity (Wildman–Crippen MR) is 88.2 cm³/mol. The molecule has 0 amide bonds. The van der Waals surface area contributed by atoms with Gasteiger partial charge in [-0.05, 0) is 37.2 Å². The van der Waals surface area contributed by atoms with Crippen molar-refractivity contribution in [3.05, 3.63) is 47.7 Å². The maximum atomic E-state index is 11.7.